The summed E-state index contributed by atoms with van der Waals surface area (Å²) in [7, 11) is 0. The molecule has 1 aromatic heterocycles. The van der Waals surface area contributed by atoms with E-state index < -0.39 is 30.1 Å². The Labute approximate surface area is 127 Å². The van der Waals surface area contributed by atoms with E-state index in [1.807, 2.05) is 5.32 Å². The number of amides is 3. The van der Waals surface area contributed by atoms with Crippen LogP contribution in [-0.2, 0) is 9.53 Å². The largest absolute Gasteiger partial charge is 0.452 e. The molecule has 8 heteroatoms. The molecule has 3 amide bonds. The lowest BCUT2D eigenvalue weighted by Crippen LogP contribution is -2.49. The van der Waals surface area contributed by atoms with Gasteiger partial charge in [0.1, 0.15) is 5.15 Å². The van der Waals surface area contributed by atoms with Gasteiger partial charge in [-0.05, 0) is 32.9 Å². The first kappa shape index (κ1) is 16.9. The quantitative estimate of drug-likeness (QED) is 0.651. The number of aromatic nitrogens is 1. The van der Waals surface area contributed by atoms with Crippen LogP contribution in [0.2, 0.25) is 5.15 Å². The lowest BCUT2D eigenvalue weighted by molar-refractivity contribution is -0.123. The third-order valence-corrected chi connectivity index (χ3v) is 2.36. The average Bonchev–Trinajstić information content (AvgIpc) is 2.34. The van der Waals surface area contributed by atoms with Gasteiger partial charge in [0, 0.05) is 11.7 Å². The van der Waals surface area contributed by atoms with Crippen LogP contribution in [0.1, 0.15) is 31.1 Å². The van der Waals surface area contributed by atoms with E-state index in [1.165, 1.54) is 18.3 Å². The summed E-state index contributed by atoms with van der Waals surface area (Å²) >= 11 is 5.71. The first-order valence-corrected chi connectivity index (χ1v) is 6.46. The highest BCUT2D eigenvalue weighted by Crippen LogP contribution is 2.12. The fraction of sp³-hybridized carbons (Fsp3) is 0.385. The van der Waals surface area contributed by atoms with Gasteiger partial charge in [-0.15, -0.1) is 0 Å². The number of nitrogens with one attached hydrogen (secondary N) is 2. The molecule has 0 saturated carbocycles. The zero-order chi connectivity index (χ0) is 16.0. The van der Waals surface area contributed by atoms with Gasteiger partial charge in [0.2, 0.25) is 0 Å². The molecular weight excluding hydrogens is 298 g/mol. The molecule has 7 nitrogen and oxygen atoms in total. The van der Waals surface area contributed by atoms with E-state index in [2.05, 4.69) is 10.3 Å². The fourth-order valence-electron chi connectivity index (χ4n) is 1.28. The number of pyridine rings is 1. The number of imide groups is 1. The molecule has 0 unspecified atom stereocenters. The molecular formula is C13H16ClN3O4. The van der Waals surface area contributed by atoms with Crippen molar-refractivity contribution < 1.29 is 19.1 Å². The number of carbonyl (C=O) groups is 3. The van der Waals surface area contributed by atoms with Crippen molar-refractivity contribution in [3.63, 3.8) is 0 Å². The topological polar surface area (TPSA) is 97.4 Å². The van der Waals surface area contributed by atoms with Crippen LogP contribution in [-0.4, -0.2) is 35.0 Å². The number of hydrogen-bond donors (Lipinski definition) is 2. The number of halogens is 1. The highest BCUT2D eigenvalue weighted by molar-refractivity contribution is 6.32. The third-order valence-electron chi connectivity index (χ3n) is 2.05. The summed E-state index contributed by atoms with van der Waals surface area (Å²) in [6, 6.07) is 2.27. The fourth-order valence-corrected chi connectivity index (χ4v) is 1.48. The van der Waals surface area contributed by atoms with Gasteiger partial charge in [0.05, 0.1) is 5.56 Å². The zero-order valence-electron chi connectivity index (χ0n) is 11.9. The number of nitrogens with zero attached hydrogens (tertiary/aromatic N) is 1. The first-order chi connectivity index (χ1) is 9.69. The van der Waals surface area contributed by atoms with Crippen LogP contribution in [0.25, 0.3) is 0 Å². The minimum atomic E-state index is -0.792. The Morgan fingerprint density at radius 3 is 2.57 bits per heavy atom. The summed E-state index contributed by atoms with van der Waals surface area (Å²) in [6.07, 6.45) is 1.42. The molecule has 0 bridgehead atoms. The second-order valence-electron chi connectivity index (χ2n) is 5.17. The van der Waals surface area contributed by atoms with Gasteiger partial charge in [-0.25, -0.2) is 14.6 Å². The van der Waals surface area contributed by atoms with E-state index >= 15 is 0 Å². The van der Waals surface area contributed by atoms with E-state index in [9.17, 15) is 14.4 Å². The van der Waals surface area contributed by atoms with Gasteiger partial charge in [0.15, 0.2) is 6.61 Å². The number of hydrogen-bond acceptors (Lipinski definition) is 5. The Hall–Kier alpha value is -2.15. The lowest BCUT2D eigenvalue weighted by Gasteiger charge is -2.20. The zero-order valence-corrected chi connectivity index (χ0v) is 12.7. The van der Waals surface area contributed by atoms with Gasteiger partial charge in [-0.2, -0.15) is 0 Å². The molecule has 0 aliphatic heterocycles. The van der Waals surface area contributed by atoms with Crippen LogP contribution >= 0.6 is 11.6 Å². The standard InChI is InChI=1S/C13H16ClN3O4/c1-13(2,3)17-12(20)16-9(18)7-21-11(19)8-5-4-6-15-10(8)14/h4-6H,7H2,1-3H3,(H2,16,17,18,20). The van der Waals surface area contributed by atoms with Gasteiger partial charge < -0.3 is 10.1 Å². The van der Waals surface area contributed by atoms with Crippen molar-refractivity contribution in [2.24, 2.45) is 0 Å². The van der Waals surface area contributed by atoms with Crippen molar-refractivity contribution in [3.05, 3.63) is 29.0 Å². The first-order valence-electron chi connectivity index (χ1n) is 6.08. The maximum absolute atomic E-state index is 11.7. The summed E-state index contributed by atoms with van der Waals surface area (Å²) in [5.74, 6) is -1.54. The molecule has 1 heterocycles. The predicted octanol–water partition coefficient (Wildman–Crippen LogP) is 1.52. The molecule has 1 aromatic rings. The molecule has 0 spiro atoms. The van der Waals surface area contributed by atoms with Crippen molar-refractivity contribution >= 4 is 29.5 Å². The number of ether oxygens (including phenoxy) is 1. The van der Waals surface area contributed by atoms with E-state index in [0.29, 0.717) is 0 Å². The molecule has 21 heavy (non-hydrogen) atoms. The summed E-state index contributed by atoms with van der Waals surface area (Å²) < 4.78 is 4.75. The minimum absolute atomic E-state index is 0.0200. The van der Waals surface area contributed by atoms with E-state index in [-0.39, 0.29) is 10.7 Å². The minimum Gasteiger partial charge on any atom is -0.452 e. The van der Waals surface area contributed by atoms with Crippen LogP contribution < -0.4 is 10.6 Å². The summed E-state index contributed by atoms with van der Waals surface area (Å²) in [5, 5.41) is 4.56. The number of urea groups is 1. The molecule has 0 atom stereocenters. The number of esters is 1. The predicted molar refractivity (Wildman–Crippen MR) is 76.0 cm³/mol. The number of carbonyl (C=O) groups excluding carboxylic acids is 3. The maximum atomic E-state index is 11.7. The molecule has 0 saturated heterocycles. The van der Waals surface area contributed by atoms with Crippen LogP contribution in [0.15, 0.2) is 18.3 Å². The molecule has 0 aliphatic carbocycles. The second-order valence-corrected chi connectivity index (χ2v) is 5.53. The monoisotopic (exact) mass is 313 g/mol. The van der Waals surface area contributed by atoms with Gasteiger partial charge in [0.25, 0.3) is 5.91 Å². The van der Waals surface area contributed by atoms with Crippen molar-refractivity contribution in [3.8, 4) is 0 Å². The molecule has 114 valence electrons. The average molecular weight is 314 g/mol. The smallest absolute Gasteiger partial charge is 0.341 e. The SMILES string of the molecule is CC(C)(C)NC(=O)NC(=O)COC(=O)c1cccnc1Cl. The van der Waals surface area contributed by atoms with Gasteiger partial charge in [-0.1, -0.05) is 11.6 Å². The molecule has 0 aliphatic rings. The number of rotatable bonds is 3. The van der Waals surface area contributed by atoms with Crippen molar-refractivity contribution in [2.75, 3.05) is 6.61 Å². The maximum Gasteiger partial charge on any atom is 0.341 e. The van der Waals surface area contributed by atoms with Crippen molar-refractivity contribution in [2.45, 2.75) is 26.3 Å². The Morgan fingerprint density at radius 1 is 1.33 bits per heavy atom. The van der Waals surface area contributed by atoms with Crippen molar-refractivity contribution in [1.29, 1.82) is 0 Å². The van der Waals surface area contributed by atoms with Crippen LogP contribution in [0, 0.1) is 0 Å². The molecule has 2 N–H and O–H groups in total. The summed E-state index contributed by atoms with van der Waals surface area (Å²) in [6.45, 7) is 4.70. The van der Waals surface area contributed by atoms with E-state index in [1.54, 1.807) is 20.8 Å². The third kappa shape index (κ3) is 6.22. The van der Waals surface area contributed by atoms with Crippen LogP contribution in [0.4, 0.5) is 4.79 Å². The Morgan fingerprint density at radius 2 is 2.00 bits per heavy atom. The summed E-state index contributed by atoms with van der Waals surface area (Å²) in [5.41, 5.74) is -0.435. The van der Waals surface area contributed by atoms with Crippen LogP contribution in [0.5, 0.6) is 0 Å². The lowest BCUT2D eigenvalue weighted by atomic mass is 10.1. The van der Waals surface area contributed by atoms with E-state index in [4.69, 9.17) is 16.3 Å². The Bertz CT molecular complexity index is 555. The highest BCUT2D eigenvalue weighted by Gasteiger charge is 2.18. The highest BCUT2D eigenvalue weighted by atomic mass is 35.5. The van der Waals surface area contributed by atoms with Gasteiger partial charge >= 0.3 is 12.0 Å². The van der Waals surface area contributed by atoms with E-state index in [0.717, 1.165) is 0 Å². The van der Waals surface area contributed by atoms with Crippen LogP contribution in [0.3, 0.4) is 0 Å². The molecule has 0 fully saturated rings. The normalized spacial score (nSPS) is 10.7. The molecule has 0 radical (unpaired) electrons. The Balaban J connectivity index is 2.45. The molecule has 1 rings (SSSR count). The molecule has 0 aromatic carbocycles. The summed E-state index contributed by atoms with van der Waals surface area (Å²) in [4.78, 5) is 38.3. The van der Waals surface area contributed by atoms with Crippen molar-refractivity contribution in [1.82, 2.24) is 15.6 Å². The second kappa shape index (κ2) is 7.03. The van der Waals surface area contributed by atoms with Gasteiger partial charge in [-0.3, -0.25) is 10.1 Å². The Kier molecular flexibility index (Phi) is 5.66.